The van der Waals surface area contributed by atoms with Crippen LogP contribution in [0, 0.1) is 0 Å². The minimum Gasteiger partial charge on any atom is -0.316 e. The van der Waals surface area contributed by atoms with Gasteiger partial charge in [-0.3, -0.25) is 0 Å². The molecule has 0 aliphatic carbocycles. The van der Waals surface area contributed by atoms with Crippen LogP contribution in [0.3, 0.4) is 0 Å². The van der Waals surface area contributed by atoms with Gasteiger partial charge >= 0.3 is 8.60 Å². The second kappa shape index (κ2) is 2.01. The second-order valence-electron chi connectivity index (χ2n) is 2.06. The Kier molecular flexibility index (Phi) is 1.40. The van der Waals surface area contributed by atoms with Gasteiger partial charge in [-0.25, -0.2) is 0 Å². The highest BCUT2D eigenvalue weighted by molar-refractivity contribution is 7.66. The van der Waals surface area contributed by atoms with E-state index in [0.717, 1.165) is 0 Å². The summed E-state index contributed by atoms with van der Waals surface area (Å²) in [4.78, 5) is 0. The zero-order valence-corrected chi connectivity index (χ0v) is 6.44. The van der Waals surface area contributed by atoms with Gasteiger partial charge in [0.2, 0.25) is 0 Å². The van der Waals surface area contributed by atoms with Gasteiger partial charge in [-0.05, 0) is 0 Å². The molecule has 2 bridgehead atoms. The molecular formula is C3H6O4P2. The van der Waals surface area contributed by atoms with E-state index in [-0.39, 0.29) is 0 Å². The van der Waals surface area contributed by atoms with Crippen molar-refractivity contribution in [3.8, 4) is 0 Å². The maximum atomic E-state index is 11.3. The van der Waals surface area contributed by atoms with Crippen LogP contribution in [0.15, 0.2) is 0 Å². The standard InChI is InChI=1S/C3H6O4P2/c4-9-1-5-8(6-2-9)7-3-9/h1-3H2. The van der Waals surface area contributed by atoms with Crippen molar-refractivity contribution in [2.24, 2.45) is 0 Å². The molecular weight excluding hydrogens is 162 g/mol. The summed E-state index contributed by atoms with van der Waals surface area (Å²) in [5.41, 5.74) is 0. The lowest BCUT2D eigenvalue weighted by molar-refractivity contribution is 0.161. The zero-order valence-electron chi connectivity index (χ0n) is 4.65. The van der Waals surface area contributed by atoms with Crippen LogP contribution in [-0.2, 0) is 18.1 Å². The van der Waals surface area contributed by atoms with E-state index < -0.39 is 15.7 Å². The van der Waals surface area contributed by atoms with Gasteiger partial charge in [-0.2, -0.15) is 0 Å². The second-order valence-corrected chi connectivity index (χ2v) is 6.17. The molecule has 0 unspecified atom stereocenters. The Hall–Kier alpha value is 0.540. The summed E-state index contributed by atoms with van der Waals surface area (Å²) in [6.07, 6.45) is 1.08. The first-order valence-electron chi connectivity index (χ1n) is 2.55. The molecule has 6 heteroatoms. The van der Waals surface area contributed by atoms with Crippen molar-refractivity contribution in [1.29, 1.82) is 0 Å². The Labute approximate surface area is 53.8 Å². The summed E-state index contributed by atoms with van der Waals surface area (Å²) in [6.45, 7) is 0. The molecule has 3 heterocycles. The third kappa shape index (κ3) is 1.06. The topological polar surface area (TPSA) is 44.8 Å². The van der Waals surface area contributed by atoms with Crippen molar-refractivity contribution >= 4 is 15.7 Å². The van der Waals surface area contributed by atoms with Crippen molar-refractivity contribution in [3.05, 3.63) is 0 Å². The summed E-state index contributed by atoms with van der Waals surface area (Å²) in [6, 6.07) is 0. The summed E-state index contributed by atoms with van der Waals surface area (Å²) < 4.78 is 26.1. The number of rotatable bonds is 0. The zero-order chi connectivity index (χ0) is 6.32. The Balaban J connectivity index is 2.20. The summed E-state index contributed by atoms with van der Waals surface area (Å²) in [5, 5.41) is 0. The molecule has 0 aromatic heterocycles. The molecule has 3 fully saturated rings. The van der Waals surface area contributed by atoms with Gasteiger partial charge < -0.3 is 18.1 Å². The number of hydrogen-bond acceptors (Lipinski definition) is 4. The van der Waals surface area contributed by atoms with Crippen LogP contribution >= 0.6 is 15.7 Å². The van der Waals surface area contributed by atoms with E-state index in [2.05, 4.69) is 0 Å². The molecule has 0 radical (unpaired) electrons. The minimum absolute atomic E-state index is 0.360. The Bertz CT molecular complexity index is 141. The molecule has 3 saturated heterocycles. The van der Waals surface area contributed by atoms with Crippen LogP contribution in [0.4, 0.5) is 0 Å². The average Bonchev–Trinajstić information content (AvgIpc) is 1.90. The third-order valence-corrected chi connectivity index (χ3v) is 4.63. The largest absolute Gasteiger partial charge is 0.334 e. The van der Waals surface area contributed by atoms with E-state index in [1.165, 1.54) is 0 Å². The smallest absolute Gasteiger partial charge is 0.316 e. The van der Waals surface area contributed by atoms with Gasteiger partial charge in [0, 0.05) is 0 Å². The lowest BCUT2D eigenvalue weighted by atomic mass is 11.6. The Morgan fingerprint density at radius 2 is 1.56 bits per heavy atom. The normalized spacial score (nSPS) is 49.6. The molecule has 3 rings (SSSR count). The molecule has 0 aromatic rings. The number of hydrogen-bond donors (Lipinski definition) is 0. The molecule has 0 aromatic carbocycles. The molecule has 0 atom stereocenters. The monoisotopic (exact) mass is 168 g/mol. The molecule has 3 aliphatic heterocycles. The van der Waals surface area contributed by atoms with E-state index in [1.54, 1.807) is 0 Å². The first-order valence-corrected chi connectivity index (χ1v) is 5.90. The van der Waals surface area contributed by atoms with Crippen LogP contribution in [0.1, 0.15) is 0 Å². The summed E-state index contributed by atoms with van der Waals surface area (Å²) in [7, 11) is -3.29. The fraction of sp³-hybridized carbons (Fsp3) is 1.00. The highest BCUT2D eigenvalue weighted by Gasteiger charge is 2.40. The van der Waals surface area contributed by atoms with Gasteiger partial charge in [0.15, 0.2) is 7.14 Å². The fourth-order valence-corrected chi connectivity index (χ4v) is 4.78. The first kappa shape index (κ1) is 6.26. The van der Waals surface area contributed by atoms with E-state index in [9.17, 15) is 4.57 Å². The quantitative estimate of drug-likeness (QED) is 0.514. The molecule has 9 heavy (non-hydrogen) atoms. The summed E-state index contributed by atoms with van der Waals surface area (Å²) >= 11 is 0. The molecule has 0 N–H and O–H groups in total. The lowest BCUT2D eigenvalue weighted by Crippen LogP contribution is -2.17. The predicted octanol–water partition coefficient (Wildman–Crippen LogP) is 1.53. The summed E-state index contributed by atoms with van der Waals surface area (Å²) in [5.74, 6) is 0. The molecule has 3 aliphatic rings. The van der Waals surface area contributed by atoms with Crippen LogP contribution in [0.25, 0.3) is 0 Å². The van der Waals surface area contributed by atoms with Crippen LogP contribution in [0.5, 0.6) is 0 Å². The SMILES string of the molecule is O=P12COP(OC1)OC2. The lowest BCUT2D eigenvalue weighted by Gasteiger charge is -2.33. The van der Waals surface area contributed by atoms with Crippen molar-refractivity contribution in [2.45, 2.75) is 0 Å². The molecule has 0 amide bonds. The van der Waals surface area contributed by atoms with Crippen molar-refractivity contribution in [1.82, 2.24) is 0 Å². The Morgan fingerprint density at radius 3 is 1.78 bits per heavy atom. The maximum absolute atomic E-state index is 11.3. The fourth-order valence-electron chi connectivity index (χ4n) is 0.681. The van der Waals surface area contributed by atoms with Crippen LogP contribution in [-0.4, -0.2) is 19.0 Å². The average molecular weight is 168 g/mol. The molecule has 4 nitrogen and oxygen atoms in total. The first-order chi connectivity index (χ1) is 4.29. The highest BCUT2D eigenvalue weighted by Crippen LogP contribution is 2.65. The van der Waals surface area contributed by atoms with Gasteiger partial charge in [-0.1, -0.05) is 0 Å². The Morgan fingerprint density at radius 1 is 1.11 bits per heavy atom. The van der Waals surface area contributed by atoms with Gasteiger partial charge in [0.25, 0.3) is 0 Å². The van der Waals surface area contributed by atoms with E-state index in [0.29, 0.717) is 19.0 Å². The van der Waals surface area contributed by atoms with Crippen molar-refractivity contribution in [3.63, 3.8) is 0 Å². The van der Waals surface area contributed by atoms with E-state index in [1.807, 2.05) is 0 Å². The van der Waals surface area contributed by atoms with Gasteiger partial charge in [0.05, 0.1) is 0 Å². The molecule has 0 saturated carbocycles. The highest BCUT2D eigenvalue weighted by atomic mass is 31.2. The third-order valence-electron chi connectivity index (χ3n) is 1.20. The minimum atomic E-state index is -2.18. The van der Waals surface area contributed by atoms with E-state index >= 15 is 0 Å². The maximum Gasteiger partial charge on any atom is 0.334 e. The van der Waals surface area contributed by atoms with Crippen molar-refractivity contribution < 1.29 is 18.1 Å². The van der Waals surface area contributed by atoms with Gasteiger partial charge in [-0.15, -0.1) is 0 Å². The van der Waals surface area contributed by atoms with Crippen LogP contribution < -0.4 is 0 Å². The van der Waals surface area contributed by atoms with Gasteiger partial charge in [0.1, 0.15) is 19.0 Å². The van der Waals surface area contributed by atoms with Crippen LogP contribution in [0.2, 0.25) is 0 Å². The van der Waals surface area contributed by atoms with E-state index in [4.69, 9.17) is 13.6 Å². The number of fused-ring (bicyclic) bond motifs is 3. The predicted molar refractivity (Wildman–Crippen MR) is 32.4 cm³/mol. The molecule has 0 spiro atoms. The van der Waals surface area contributed by atoms with Crippen molar-refractivity contribution in [2.75, 3.05) is 19.0 Å². The molecule has 52 valence electrons.